The summed E-state index contributed by atoms with van der Waals surface area (Å²) < 4.78 is 1.86. The number of hydrogen-bond acceptors (Lipinski definition) is 2. The van der Waals surface area contributed by atoms with E-state index in [4.69, 9.17) is 0 Å². The summed E-state index contributed by atoms with van der Waals surface area (Å²) in [6, 6.07) is 1.74. The molecule has 2 rings (SSSR count). The SMILES string of the molecule is Cn1[nH]c(=O)cc1C1CCSCC1. The monoisotopic (exact) mass is 198 g/mol. The van der Waals surface area contributed by atoms with E-state index in [-0.39, 0.29) is 5.56 Å². The Hall–Kier alpha value is -0.640. The zero-order valence-corrected chi connectivity index (χ0v) is 8.56. The number of aromatic amines is 1. The molecule has 3 nitrogen and oxygen atoms in total. The molecule has 4 heteroatoms. The predicted molar refractivity (Wildman–Crippen MR) is 55.3 cm³/mol. The molecule has 0 radical (unpaired) electrons. The Morgan fingerprint density at radius 2 is 2.23 bits per heavy atom. The van der Waals surface area contributed by atoms with Crippen molar-refractivity contribution in [3.05, 3.63) is 22.1 Å². The quantitative estimate of drug-likeness (QED) is 0.739. The second kappa shape index (κ2) is 3.62. The molecule has 0 unspecified atom stereocenters. The number of H-pyrrole nitrogens is 1. The third kappa shape index (κ3) is 1.82. The van der Waals surface area contributed by atoms with Crippen molar-refractivity contribution in [2.45, 2.75) is 18.8 Å². The second-order valence-electron chi connectivity index (χ2n) is 3.49. The molecule has 1 fully saturated rings. The third-order valence-corrected chi connectivity index (χ3v) is 3.63. The molecular weight excluding hydrogens is 184 g/mol. The average Bonchev–Trinajstić information content (AvgIpc) is 2.47. The van der Waals surface area contributed by atoms with Gasteiger partial charge in [-0.3, -0.25) is 14.6 Å². The van der Waals surface area contributed by atoms with Gasteiger partial charge in [-0.1, -0.05) is 0 Å². The lowest BCUT2D eigenvalue weighted by Crippen LogP contribution is -2.11. The first-order valence-corrected chi connectivity index (χ1v) is 5.76. The van der Waals surface area contributed by atoms with Crippen LogP contribution in [0.25, 0.3) is 0 Å². The normalized spacial score (nSPS) is 19.2. The first-order valence-electron chi connectivity index (χ1n) is 4.61. The van der Waals surface area contributed by atoms with Crippen LogP contribution in [-0.2, 0) is 7.05 Å². The van der Waals surface area contributed by atoms with Crippen molar-refractivity contribution in [3.8, 4) is 0 Å². The Bertz CT molecular complexity index is 336. The van der Waals surface area contributed by atoms with Crippen molar-refractivity contribution in [3.63, 3.8) is 0 Å². The van der Waals surface area contributed by atoms with Crippen LogP contribution >= 0.6 is 11.8 Å². The molecule has 0 saturated carbocycles. The maximum Gasteiger partial charge on any atom is 0.264 e. The fraction of sp³-hybridized carbons (Fsp3) is 0.667. The van der Waals surface area contributed by atoms with Crippen LogP contribution in [0, 0.1) is 0 Å². The summed E-state index contributed by atoms with van der Waals surface area (Å²) >= 11 is 2.01. The van der Waals surface area contributed by atoms with Gasteiger partial charge >= 0.3 is 0 Å². The van der Waals surface area contributed by atoms with Crippen molar-refractivity contribution >= 4 is 11.8 Å². The topological polar surface area (TPSA) is 37.8 Å². The Labute approximate surface area is 81.5 Å². The highest BCUT2D eigenvalue weighted by molar-refractivity contribution is 7.99. The number of rotatable bonds is 1. The molecule has 2 heterocycles. The van der Waals surface area contributed by atoms with Gasteiger partial charge in [-0.05, 0) is 24.3 Å². The minimum absolute atomic E-state index is 0.0238. The van der Waals surface area contributed by atoms with Crippen molar-refractivity contribution < 1.29 is 0 Å². The molecule has 1 aromatic heterocycles. The van der Waals surface area contributed by atoms with Gasteiger partial charge in [0, 0.05) is 24.7 Å². The maximum absolute atomic E-state index is 11.1. The molecule has 13 heavy (non-hydrogen) atoms. The van der Waals surface area contributed by atoms with Gasteiger partial charge in [-0.15, -0.1) is 0 Å². The van der Waals surface area contributed by atoms with Crippen molar-refractivity contribution in [2.75, 3.05) is 11.5 Å². The molecule has 1 N–H and O–H groups in total. The zero-order chi connectivity index (χ0) is 9.26. The van der Waals surface area contributed by atoms with Gasteiger partial charge in [0.1, 0.15) is 0 Å². The molecule has 0 amide bonds. The van der Waals surface area contributed by atoms with Gasteiger partial charge in [0.05, 0.1) is 0 Å². The Morgan fingerprint density at radius 1 is 1.54 bits per heavy atom. The first-order chi connectivity index (χ1) is 6.27. The molecule has 1 aliphatic heterocycles. The van der Waals surface area contributed by atoms with Crippen LogP contribution in [0.2, 0.25) is 0 Å². The highest BCUT2D eigenvalue weighted by atomic mass is 32.2. The van der Waals surface area contributed by atoms with Gasteiger partial charge in [-0.2, -0.15) is 11.8 Å². The second-order valence-corrected chi connectivity index (χ2v) is 4.72. The van der Waals surface area contributed by atoms with Crippen LogP contribution in [0.4, 0.5) is 0 Å². The summed E-state index contributed by atoms with van der Waals surface area (Å²) in [5, 5.41) is 2.76. The molecule has 0 atom stereocenters. The number of aryl methyl sites for hydroxylation is 1. The summed E-state index contributed by atoms with van der Waals surface area (Å²) in [6.07, 6.45) is 2.41. The van der Waals surface area contributed by atoms with Crippen LogP contribution in [0.15, 0.2) is 10.9 Å². The Kier molecular flexibility index (Phi) is 2.49. The third-order valence-electron chi connectivity index (χ3n) is 2.58. The number of aromatic nitrogens is 2. The van der Waals surface area contributed by atoms with E-state index < -0.39 is 0 Å². The van der Waals surface area contributed by atoms with Gasteiger partial charge in [0.2, 0.25) is 0 Å². The lowest BCUT2D eigenvalue weighted by atomic mass is 9.99. The van der Waals surface area contributed by atoms with Gasteiger partial charge in [-0.25, -0.2) is 0 Å². The van der Waals surface area contributed by atoms with Crippen LogP contribution in [0.5, 0.6) is 0 Å². The summed E-state index contributed by atoms with van der Waals surface area (Å²) in [6.45, 7) is 0. The van der Waals surface area contributed by atoms with E-state index in [1.165, 1.54) is 30.0 Å². The van der Waals surface area contributed by atoms with Crippen LogP contribution in [-0.4, -0.2) is 21.3 Å². The predicted octanol–water partition coefficient (Wildman–Crippen LogP) is 1.32. The van der Waals surface area contributed by atoms with E-state index in [0.717, 1.165) is 0 Å². The number of nitrogens with one attached hydrogen (secondary N) is 1. The number of hydrogen-bond donors (Lipinski definition) is 1. The summed E-state index contributed by atoms with van der Waals surface area (Å²) in [4.78, 5) is 11.1. The fourth-order valence-electron chi connectivity index (χ4n) is 1.88. The van der Waals surface area contributed by atoms with E-state index in [9.17, 15) is 4.79 Å². The van der Waals surface area contributed by atoms with Crippen LogP contribution in [0.3, 0.4) is 0 Å². The summed E-state index contributed by atoms with van der Waals surface area (Å²) in [5.41, 5.74) is 1.20. The van der Waals surface area contributed by atoms with Gasteiger partial charge in [0.25, 0.3) is 5.56 Å². The Balaban J connectivity index is 2.23. The molecule has 0 aromatic carbocycles. The van der Waals surface area contributed by atoms with E-state index in [0.29, 0.717) is 5.92 Å². The van der Waals surface area contributed by atoms with Crippen LogP contribution in [0.1, 0.15) is 24.5 Å². The standard InChI is InChI=1S/C9H14N2OS/c1-11-8(6-9(12)10-11)7-2-4-13-5-3-7/h6-7H,2-5H2,1H3,(H,10,12). The van der Waals surface area contributed by atoms with E-state index in [1.54, 1.807) is 6.07 Å². The largest absolute Gasteiger partial charge is 0.292 e. The first kappa shape index (κ1) is 8.94. The molecule has 0 aliphatic carbocycles. The lowest BCUT2D eigenvalue weighted by molar-refractivity contribution is 0.569. The summed E-state index contributed by atoms with van der Waals surface area (Å²) in [5.74, 6) is 3.04. The Morgan fingerprint density at radius 3 is 2.77 bits per heavy atom. The van der Waals surface area contributed by atoms with Crippen molar-refractivity contribution in [2.24, 2.45) is 7.05 Å². The van der Waals surface area contributed by atoms with Gasteiger partial charge in [0.15, 0.2) is 0 Å². The molecular formula is C9H14N2OS. The fourth-order valence-corrected chi connectivity index (χ4v) is 2.98. The molecule has 1 aliphatic rings. The number of thioether (sulfide) groups is 1. The smallest absolute Gasteiger partial charge is 0.264 e. The van der Waals surface area contributed by atoms with E-state index >= 15 is 0 Å². The molecule has 1 aromatic rings. The van der Waals surface area contributed by atoms with Crippen LogP contribution < -0.4 is 5.56 Å². The molecule has 0 bridgehead atoms. The van der Waals surface area contributed by atoms with E-state index in [1.807, 2.05) is 23.5 Å². The van der Waals surface area contributed by atoms with Crippen molar-refractivity contribution in [1.82, 2.24) is 9.78 Å². The number of nitrogens with zero attached hydrogens (tertiary/aromatic N) is 1. The average molecular weight is 198 g/mol. The van der Waals surface area contributed by atoms with Crippen molar-refractivity contribution in [1.29, 1.82) is 0 Å². The minimum Gasteiger partial charge on any atom is -0.292 e. The van der Waals surface area contributed by atoms with E-state index in [2.05, 4.69) is 5.10 Å². The highest BCUT2D eigenvalue weighted by Gasteiger charge is 2.18. The maximum atomic E-state index is 11.1. The summed E-state index contributed by atoms with van der Waals surface area (Å²) in [7, 11) is 1.92. The zero-order valence-electron chi connectivity index (χ0n) is 7.75. The molecule has 1 saturated heterocycles. The lowest BCUT2D eigenvalue weighted by Gasteiger charge is -2.21. The molecule has 0 spiro atoms. The minimum atomic E-state index is 0.0238. The highest BCUT2D eigenvalue weighted by Crippen LogP contribution is 2.30. The molecule has 72 valence electrons. The van der Waals surface area contributed by atoms with Gasteiger partial charge < -0.3 is 0 Å².